The van der Waals surface area contributed by atoms with Crippen LogP contribution in [-0.2, 0) is 16.4 Å². The highest BCUT2D eigenvalue weighted by molar-refractivity contribution is 9.10. The number of sulfone groups is 1. The predicted molar refractivity (Wildman–Crippen MR) is 81.1 cm³/mol. The monoisotopic (exact) mass is 393 g/mol. The van der Waals surface area contributed by atoms with Gasteiger partial charge in [0.2, 0.25) is 9.84 Å². The van der Waals surface area contributed by atoms with E-state index in [0.717, 1.165) is 6.07 Å². The van der Waals surface area contributed by atoms with Gasteiger partial charge in [-0.05, 0) is 45.8 Å². The molecule has 0 saturated heterocycles. The second-order valence-corrected chi connectivity index (χ2v) is 7.14. The molecule has 0 aliphatic rings. The fourth-order valence-electron chi connectivity index (χ4n) is 1.80. The van der Waals surface area contributed by atoms with Gasteiger partial charge in [-0.3, -0.25) is 0 Å². The molecule has 3 nitrogen and oxygen atoms in total. The molecule has 118 valence electrons. The molecule has 0 amide bonds. The minimum atomic E-state index is -4.70. The van der Waals surface area contributed by atoms with E-state index >= 15 is 0 Å². The number of anilines is 1. The molecule has 0 unspecified atom stereocenters. The van der Waals surface area contributed by atoms with E-state index in [9.17, 15) is 21.6 Å². The minimum absolute atomic E-state index is 0.0473. The first kappa shape index (κ1) is 16.8. The highest BCUT2D eigenvalue weighted by Gasteiger charge is 2.28. The molecule has 0 spiro atoms. The molecule has 1 N–H and O–H groups in total. The van der Waals surface area contributed by atoms with E-state index in [1.54, 1.807) is 6.07 Å². The Morgan fingerprint density at radius 2 is 1.82 bits per heavy atom. The summed E-state index contributed by atoms with van der Waals surface area (Å²) in [6.45, 7) is 0.0972. The van der Waals surface area contributed by atoms with E-state index < -0.39 is 26.3 Å². The van der Waals surface area contributed by atoms with Crippen LogP contribution >= 0.6 is 15.9 Å². The van der Waals surface area contributed by atoms with E-state index in [1.807, 2.05) is 0 Å². The van der Waals surface area contributed by atoms with Crippen molar-refractivity contribution in [2.45, 2.75) is 17.2 Å². The lowest BCUT2D eigenvalue weighted by Gasteiger charge is -2.12. The molecule has 0 fully saturated rings. The van der Waals surface area contributed by atoms with Gasteiger partial charge in [0.25, 0.3) is 0 Å². The van der Waals surface area contributed by atoms with Gasteiger partial charge in [0.1, 0.15) is 5.82 Å². The van der Waals surface area contributed by atoms with Crippen molar-refractivity contribution in [1.82, 2.24) is 0 Å². The van der Waals surface area contributed by atoms with Crippen molar-refractivity contribution in [3.05, 3.63) is 58.3 Å². The van der Waals surface area contributed by atoms with Gasteiger partial charge in [-0.25, -0.2) is 12.8 Å². The number of para-hydroxylation sites is 1. The topological polar surface area (TPSA) is 46.2 Å². The third-order valence-electron chi connectivity index (χ3n) is 2.90. The normalized spacial score (nSPS) is 11.7. The lowest BCUT2D eigenvalue weighted by molar-refractivity contribution is 0.235. The Labute approximate surface area is 134 Å². The summed E-state index contributed by atoms with van der Waals surface area (Å²) >= 11 is 3.02. The maximum atomic E-state index is 13.4. The first-order valence-electron chi connectivity index (χ1n) is 6.11. The third-order valence-corrected chi connectivity index (χ3v) is 4.98. The number of nitrogens with one attached hydrogen (secondary N) is 1. The number of rotatable bonds is 5. The van der Waals surface area contributed by atoms with Crippen LogP contribution in [0.15, 0.2) is 51.8 Å². The highest BCUT2D eigenvalue weighted by atomic mass is 79.9. The maximum Gasteiger partial charge on any atom is 0.341 e. The van der Waals surface area contributed by atoms with Crippen molar-refractivity contribution < 1.29 is 21.6 Å². The van der Waals surface area contributed by atoms with Crippen LogP contribution in [0, 0.1) is 5.82 Å². The standard InChI is InChI=1S/C14H11BrF3NO2S/c15-10-6-5-9(7-11(10)16)8-19-12-3-1-2-4-13(12)22(20,21)14(17)18/h1-7,14,19H,8H2. The molecule has 0 aromatic heterocycles. The van der Waals surface area contributed by atoms with Crippen molar-refractivity contribution in [3.63, 3.8) is 0 Å². The van der Waals surface area contributed by atoms with Crippen LogP contribution in [0.25, 0.3) is 0 Å². The van der Waals surface area contributed by atoms with Crippen molar-refractivity contribution in [3.8, 4) is 0 Å². The molecule has 2 rings (SSSR count). The number of halogens is 4. The Kier molecular flexibility index (Phi) is 5.12. The lowest BCUT2D eigenvalue weighted by atomic mass is 10.2. The van der Waals surface area contributed by atoms with E-state index in [2.05, 4.69) is 21.2 Å². The van der Waals surface area contributed by atoms with Gasteiger partial charge < -0.3 is 5.32 Å². The highest BCUT2D eigenvalue weighted by Crippen LogP contribution is 2.26. The fourth-order valence-corrected chi connectivity index (χ4v) is 2.96. The molecule has 0 saturated carbocycles. The minimum Gasteiger partial charge on any atom is -0.380 e. The Balaban J connectivity index is 2.26. The van der Waals surface area contributed by atoms with Gasteiger partial charge >= 0.3 is 5.76 Å². The van der Waals surface area contributed by atoms with Gasteiger partial charge in [-0.2, -0.15) is 8.78 Å². The molecule has 22 heavy (non-hydrogen) atoms. The summed E-state index contributed by atoms with van der Waals surface area (Å²) in [5.74, 6) is -3.96. The zero-order valence-electron chi connectivity index (χ0n) is 11.1. The SMILES string of the molecule is O=S(=O)(c1ccccc1NCc1ccc(Br)c(F)c1)C(F)F. The third kappa shape index (κ3) is 3.61. The summed E-state index contributed by atoms with van der Waals surface area (Å²) in [6.07, 6.45) is 0. The van der Waals surface area contributed by atoms with Crippen LogP contribution < -0.4 is 5.32 Å². The Morgan fingerprint density at radius 3 is 2.45 bits per heavy atom. The van der Waals surface area contributed by atoms with Crippen LogP contribution in [0.4, 0.5) is 18.9 Å². The van der Waals surface area contributed by atoms with E-state index in [1.165, 1.54) is 30.3 Å². The first-order chi connectivity index (χ1) is 10.3. The van der Waals surface area contributed by atoms with Gasteiger partial charge in [0, 0.05) is 6.54 Å². The quantitative estimate of drug-likeness (QED) is 0.827. The van der Waals surface area contributed by atoms with E-state index in [4.69, 9.17) is 0 Å². The van der Waals surface area contributed by atoms with Crippen molar-refractivity contribution in [2.75, 3.05) is 5.32 Å². The van der Waals surface area contributed by atoms with Crippen molar-refractivity contribution in [1.29, 1.82) is 0 Å². The lowest BCUT2D eigenvalue weighted by Crippen LogP contribution is -2.14. The summed E-state index contributed by atoms with van der Waals surface area (Å²) in [7, 11) is -4.70. The van der Waals surface area contributed by atoms with Crippen molar-refractivity contribution in [2.24, 2.45) is 0 Å². The van der Waals surface area contributed by atoms with Crippen LogP contribution in [0.3, 0.4) is 0 Å². The molecule has 0 radical (unpaired) electrons. The average Bonchev–Trinajstić information content (AvgIpc) is 2.48. The van der Waals surface area contributed by atoms with Gasteiger partial charge in [0.15, 0.2) is 0 Å². The second kappa shape index (κ2) is 6.70. The molecular weight excluding hydrogens is 383 g/mol. The fraction of sp³-hybridized carbons (Fsp3) is 0.143. The maximum absolute atomic E-state index is 13.4. The Hall–Kier alpha value is -1.54. The largest absolute Gasteiger partial charge is 0.380 e. The van der Waals surface area contributed by atoms with E-state index in [0.29, 0.717) is 10.0 Å². The summed E-state index contributed by atoms with van der Waals surface area (Å²) in [4.78, 5) is -0.484. The second-order valence-electron chi connectivity index (χ2n) is 4.40. The molecule has 0 atom stereocenters. The summed E-state index contributed by atoms with van der Waals surface area (Å²) in [5, 5.41) is 2.74. The Bertz CT molecular complexity index is 781. The van der Waals surface area contributed by atoms with Crippen LogP contribution in [0.1, 0.15) is 5.56 Å². The van der Waals surface area contributed by atoms with Crippen molar-refractivity contribution >= 4 is 31.5 Å². The number of benzene rings is 2. The van der Waals surface area contributed by atoms with Crippen LogP contribution in [0.2, 0.25) is 0 Å². The molecule has 2 aromatic carbocycles. The van der Waals surface area contributed by atoms with Gasteiger partial charge in [-0.1, -0.05) is 18.2 Å². The molecule has 0 aliphatic heterocycles. The summed E-state index contributed by atoms with van der Waals surface area (Å²) in [6, 6.07) is 9.77. The zero-order valence-corrected chi connectivity index (χ0v) is 13.5. The predicted octanol–water partition coefficient (Wildman–Crippen LogP) is 4.20. The number of alkyl halides is 2. The summed E-state index contributed by atoms with van der Waals surface area (Å²) in [5.41, 5.74) is 0.594. The zero-order chi connectivity index (χ0) is 16.3. The molecule has 2 aromatic rings. The van der Waals surface area contributed by atoms with Gasteiger partial charge in [0.05, 0.1) is 15.1 Å². The first-order valence-corrected chi connectivity index (χ1v) is 8.45. The molecule has 0 heterocycles. The molecule has 0 aliphatic carbocycles. The smallest absolute Gasteiger partial charge is 0.341 e. The molecule has 0 bridgehead atoms. The van der Waals surface area contributed by atoms with Crippen LogP contribution in [-0.4, -0.2) is 14.2 Å². The van der Waals surface area contributed by atoms with Gasteiger partial charge in [-0.15, -0.1) is 0 Å². The summed E-state index contributed by atoms with van der Waals surface area (Å²) < 4.78 is 62.3. The number of hydrogen-bond acceptors (Lipinski definition) is 3. The number of hydrogen-bond donors (Lipinski definition) is 1. The molecule has 8 heteroatoms. The Morgan fingerprint density at radius 1 is 1.14 bits per heavy atom. The average molecular weight is 394 g/mol. The molecular formula is C14H11BrF3NO2S. The van der Waals surface area contributed by atoms with Crippen LogP contribution in [0.5, 0.6) is 0 Å². The van der Waals surface area contributed by atoms with E-state index in [-0.39, 0.29) is 12.2 Å².